The van der Waals surface area contributed by atoms with Gasteiger partial charge in [-0.05, 0) is 24.6 Å². The number of anilines is 1. The maximum Gasteiger partial charge on any atom is 0.411 e. The predicted octanol–water partition coefficient (Wildman–Crippen LogP) is 1.93. The van der Waals surface area contributed by atoms with Gasteiger partial charge in [-0.15, -0.1) is 0 Å². The number of halogens is 3. The van der Waals surface area contributed by atoms with Gasteiger partial charge in [-0.25, -0.2) is 8.42 Å². The van der Waals surface area contributed by atoms with Crippen LogP contribution in [0.15, 0.2) is 23.1 Å². The van der Waals surface area contributed by atoms with Crippen molar-refractivity contribution >= 4 is 15.5 Å². The molecule has 0 aliphatic heterocycles. The van der Waals surface area contributed by atoms with Crippen molar-refractivity contribution in [1.29, 1.82) is 0 Å². The topological polar surface area (TPSA) is 69.4 Å². The average molecular weight is 297 g/mol. The normalized spacial score (nSPS) is 12.6. The van der Waals surface area contributed by atoms with Crippen molar-refractivity contribution in [2.24, 2.45) is 0 Å². The minimum absolute atomic E-state index is 0.0708. The number of ether oxygens (including phenoxy) is 1. The standard InChI is InChI=1S/C11H14F3NO3S/c1-8-2-3-9(15)10(6-8)19(16,17)5-4-18-7-11(12,13)14/h2-3,6H,4-5,7,15H2,1H3. The Hall–Kier alpha value is -1.28. The van der Waals surface area contributed by atoms with Crippen molar-refractivity contribution in [1.82, 2.24) is 0 Å². The number of rotatable bonds is 5. The zero-order valence-corrected chi connectivity index (χ0v) is 11.0. The van der Waals surface area contributed by atoms with Crippen molar-refractivity contribution in [3.05, 3.63) is 23.8 Å². The van der Waals surface area contributed by atoms with Gasteiger partial charge in [0, 0.05) is 0 Å². The summed E-state index contributed by atoms with van der Waals surface area (Å²) in [5.74, 6) is -0.545. The Morgan fingerprint density at radius 2 is 1.95 bits per heavy atom. The molecule has 0 radical (unpaired) electrons. The lowest BCUT2D eigenvalue weighted by molar-refractivity contribution is -0.172. The van der Waals surface area contributed by atoms with Crippen LogP contribution in [0.5, 0.6) is 0 Å². The van der Waals surface area contributed by atoms with Crippen LogP contribution in [0.4, 0.5) is 18.9 Å². The molecule has 0 aliphatic rings. The van der Waals surface area contributed by atoms with Gasteiger partial charge in [0.05, 0.1) is 22.9 Å². The van der Waals surface area contributed by atoms with E-state index in [9.17, 15) is 21.6 Å². The second kappa shape index (κ2) is 5.79. The number of nitrogens with two attached hydrogens (primary N) is 1. The minimum Gasteiger partial charge on any atom is -0.398 e. The second-order valence-electron chi connectivity index (χ2n) is 4.03. The molecular weight excluding hydrogens is 283 g/mol. The van der Waals surface area contributed by atoms with Crippen LogP contribution in [-0.2, 0) is 14.6 Å². The molecule has 4 nitrogen and oxygen atoms in total. The second-order valence-corrected chi connectivity index (χ2v) is 6.11. The highest BCUT2D eigenvalue weighted by Crippen LogP contribution is 2.21. The monoisotopic (exact) mass is 297 g/mol. The molecule has 0 bridgehead atoms. The van der Waals surface area contributed by atoms with Gasteiger partial charge in [0.25, 0.3) is 0 Å². The highest BCUT2D eigenvalue weighted by molar-refractivity contribution is 7.91. The third-order valence-corrected chi connectivity index (χ3v) is 3.99. The molecule has 19 heavy (non-hydrogen) atoms. The summed E-state index contributed by atoms with van der Waals surface area (Å²) in [5, 5.41) is 0. The van der Waals surface area contributed by atoms with Gasteiger partial charge in [-0.2, -0.15) is 13.2 Å². The number of alkyl halides is 3. The number of nitrogen functional groups attached to an aromatic ring is 1. The molecule has 2 N–H and O–H groups in total. The quantitative estimate of drug-likeness (QED) is 0.666. The zero-order valence-electron chi connectivity index (χ0n) is 10.2. The van der Waals surface area contributed by atoms with Crippen molar-refractivity contribution in [3.63, 3.8) is 0 Å². The van der Waals surface area contributed by atoms with E-state index < -0.39 is 35.0 Å². The van der Waals surface area contributed by atoms with Gasteiger partial charge in [0.1, 0.15) is 6.61 Å². The lowest BCUT2D eigenvalue weighted by atomic mass is 10.2. The Morgan fingerprint density at radius 1 is 1.32 bits per heavy atom. The number of hydrogen-bond acceptors (Lipinski definition) is 4. The van der Waals surface area contributed by atoms with Gasteiger partial charge >= 0.3 is 6.18 Å². The SMILES string of the molecule is Cc1ccc(N)c(S(=O)(=O)CCOCC(F)(F)F)c1. The average Bonchev–Trinajstić information content (AvgIpc) is 2.26. The van der Waals surface area contributed by atoms with Gasteiger partial charge in [-0.3, -0.25) is 0 Å². The van der Waals surface area contributed by atoms with Crippen LogP contribution in [0.25, 0.3) is 0 Å². The van der Waals surface area contributed by atoms with E-state index in [4.69, 9.17) is 5.73 Å². The summed E-state index contributed by atoms with van der Waals surface area (Å²) in [7, 11) is -3.75. The Bertz CT molecular complexity index is 541. The maximum atomic E-state index is 11.9. The smallest absolute Gasteiger partial charge is 0.398 e. The molecule has 8 heteroatoms. The van der Waals surface area contributed by atoms with Crippen molar-refractivity contribution in [3.8, 4) is 0 Å². The molecule has 0 atom stereocenters. The van der Waals surface area contributed by atoms with Gasteiger partial charge in [0.2, 0.25) is 0 Å². The fourth-order valence-electron chi connectivity index (χ4n) is 1.38. The van der Waals surface area contributed by atoms with Crippen LogP contribution in [0.1, 0.15) is 5.56 Å². The lowest BCUT2D eigenvalue weighted by Gasteiger charge is -2.10. The molecule has 1 aromatic carbocycles. The van der Waals surface area contributed by atoms with Gasteiger partial charge < -0.3 is 10.5 Å². The number of sulfone groups is 1. The molecule has 0 saturated carbocycles. The minimum atomic E-state index is -4.47. The summed E-state index contributed by atoms with van der Waals surface area (Å²) in [6.45, 7) is -0.306. The summed E-state index contributed by atoms with van der Waals surface area (Å²) in [6, 6.07) is 4.47. The van der Waals surface area contributed by atoms with Crippen LogP contribution in [0, 0.1) is 6.92 Å². The van der Waals surface area contributed by atoms with Crippen molar-refractivity contribution < 1.29 is 26.3 Å². The third kappa shape index (κ3) is 5.07. The Morgan fingerprint density at radius 3 is 2.53 bits per heavy atom. The van der Waals surface area contributed by atoms with Gasteiger partial charge in [0.15, 0.2) is 9.84 Å². The van der Waals surface area contributed by atoms with Crippen LogP contribution >= 0.6 is 0 Å². The fourth-order valence-corrected chi connectivity index (χ4v) is 2.73. The van der Waals surface area contributed by atoms with E-state index in [-0.39, 0.29) is 10.6 Å². The van der Waals surface area contributed by atoms with Gasteiger partial charge in [-0.1, -0.05) is 6.07 Å². The molecule has 0 aliphatic carbocycles. The van der Waals surface area contributed by atoms with Crippen LogP contribution in [0.2, 0.25) is 0 Å². The van der Waals surface area contributed by atoms with Crippen LogP contribution in [-0.4, -0.2) is 33.6 Å². The van der Waals surface area contributed by atoms with Crippen LogP contribution in [0.3, 0.4) is 0 Å². The summed E-state index contributed by atoms with van der Waals surface area (Å²) in [5.41, 5.74) is 6.32. The number of hydrogen-bond donors (Lipinski definition) is 1. The molecule has 0 heterocycles. The Balaban J connectivity index is 2.69. The molecule has 0 unspecified atom stereocenters. The molecule has 0 fully saturated rings. The lowest BCUT2D eigenvalue weighted by Crippen LogP contribution is -2.21. The van der Waals surface area contributed by atoms with Crippen molar-refractivity contribution in [2.75, 3.05) is 24.7 Å². The first-order valence-electron chi connectivity index (χ1n) is 5.35. The summed E-state index contributed by atoms with van der Waals surface area (Å²) in [4.78, 5) is -0.0805. The summed E-state index contributed by atoms with van der Waals surface area (Å²) >= 11 is 0. The van der Waals surface area contributed by atoms with E-state index in [0.29, 0.717) is 5.56 Å². The van der Waals surface area contributed by atoms with Crippen molar-refractivity contribution in [2.45, 2.75) is 18.0 Å². The Kier molecular flexibility index (Phi) is 4.81. The van der Waals surface area contributed by atoms with E-state index >= 15 is 0 Å². The Labute approximate surface area is 109 Å². The predicted molar refractivity (Wildman–Crippen MR) is 64.5 cm³/mol. The maximum absolute atomic E-state index is 11.9. The molecule has 0 amide bonds. The molecule has 0 saturated heterocycles. The largest absolute Gasteiger partial charge is 0.411 e. The molecule has 108 valence electrons. The fraction of sp³-hybridized carbons (Fsp3) is 0.455. The van der Waals surface area contributed by atoms with E-state index in [0.717, 1.165) is 0 Å². The van der Waals surface area contributed by atoms with Crippen LogP contribution < -0.4 is 5.73 Å². The number of aryl methyl sites for hydroxylation is 1. The van der Waals surface area contributed by atoms with E-state index in [1.54, 1.807) is 13.0 Å². The highest BCUT2D eigenvalue weighted by atomic mass is 32.2. The molecule has 1 aromatic rings. The van der Waals surface area contributed by atoms with E-state index in [1.807, 2.05) is 0 Å². The summed E-state index contributed by atoms with van der Waals surface area (Å²) in [6.07, 6.45) is -4.47. The first kappa shape index (κ1) is 15.8. The van der Waals surface area contributed by atoms with E-state index in [2.05, 4.69) is 4.74 Å². The zero-order chi connectivity index (χ0) is 14.7. The molecule has 0 spiro atoms. The first-order valence-corrected chi connectivity index (χ1v) is 7.00. The summed E-state index contributed by atoms with van der Waals surface area (Å²) < 4.78 is 63.5. The molecular formula is C11H14F3NO3S. The first-order chi connectivity index (χ1) is 8.62. The molecule has 1 rings (SSSR count). The third-order valence-electron chi connectivity index (χ3n) is 2.27. The molecule has 0 aromatic heterocycles. The highest BCUT2D eigenvalue weighted by Gasteiger charge is 2.28. The number of benzene rings is 1. The van der Waals surface area contributed by atoms with E-state index in [1.165, 1.54) is 12.1 Å².